The standard InChI is InChI=1S/C15H22N4/c1-11(2)8-15-14(9-16)17-18-19(15)10-13-6-4-12(3)5-7-13/h4-7,11H,8-10,16H2,1-3H3. The van der Waals surface area contributed by atoms with Gasteiger partial charge in [0, 0.05) is 6.54 Å². The third kappa shape index (κ3) is 3.41. The monoisotopic (exact) mass is 258 g/mol. The molecule has 0 fully saturated rings. The van der Waals surface area contributed by atoms with Crippen LogP contribution in [0.1, 0.15) is 36.4 Å². The van der Waals surface area contributed by atoms with Crippen molar-refractivity contribution in [1.82, 2.24) is 15.0 Å². The Morgan fingerprint density at radius 1 is 1.21 bits per heavy atom. The molecule has 4 nitrogen and oxygen atoms in total. The summed E-state index contributed by atoms with van der Waals surface area (Å²) in [6, 6.07) is 8.52. The molecule has 1 heterocycles. The zero-order chi connectivity index (χ0) is 13.8. The van der Waals surface area contributed by atoms with Gasteiger partial charge in [-0.05, 0) is 24.8 Å². The number of rotatable bonds is 5. The molecule has 0 saturated carbocycles. The van der Waals surface area contributed by atoms with Gasteiger partial charge in [-0.15, -0.1) is 5.10 Å². The number of nitrogens with zero attached hydrogens (tertiary/aromatic N) is 3. The first-order chi connectivity index (χ1) is 9.10. The van der Waals surface area contributed by atoms with Crippen LogP contribution < -0.4 is 5.73 Å². The summed E-state index contributed by atoms with van der Waals surface area (Å²) in [4.78, 5) is 0. The molecule has 0 atom stereocenters. The van der Waals surface area contributed by atoms with E-state index in [0.717, 1.165) is 24.4 Å². The Morgan fingerprint density at radius 2 is 1.89 bits per heavy atom. The third-order valence-electron chi connectivity index (χ3n) is 3.17. The van der Waals surface area contributed by atoms with Crippen LogP contribution in [0.4, 0.5) is 0 Å². The zero-order valence-corrected chi connectivity index (χ0v) is 11.9. The predicted octanol–water partition coefficient (Wildman–Crippen LogP) is 2.29. The summed E-state index contributed by atoms with van der Waals surface area (Å²) in [5.74, 6) is 0.570. The second kappa shape index (κ2) is 5.97. The van der Waals surface area contributed by atoms with Gasteiger partial charge in [-0.1, -0.05) is 48.9 Å². The third-order valence-corrected chi connectivity index (χ3v) is 3.17. The highest BCUT2D eigenvalue weighted by Gasteiger charge is 2.13. The van der Waals surface area contributed by atoms with Crippen LogP contribution in [0.25, 0.3) is 0 Å². The highest BCUT2D eigenvalue weighted by atomic mass is 15.4. The summed E-state index contributed by atoms with van der Waals surface area (Å²) < 4.78 is 1.98. The number of aromatic nitrogens is 3. The first-order valence-electron chi connectivity index (χ1n) is 6.77. The second-order valence-electron chi connectivity index (χ2n) is 5.43. The highest BCUT2D eigenvalue weighted by Crippen LogP contribution is 2.14. The Hall–Kier alpha value is -1.68. The lowest BCUT2D eigenvalue weighted by molar-refractivity contribution is 0.563. The van der Waals surface area contributed by atoms with E-state index >= 15 is 0 Å². The van der Waals surface area contributed by atoms with Gasteiger partial charge < -0.3 is 5.73 Å². The lowest BCUT2D eigenvalue weighted by Crippen LogP contribution is -2.11. The molecule has 0 radical (unpaired) electrons. The van der Waals surface area contributed by atoms with Gasteiger partial charge >= 0.3 is 0 Å². The molecule has 19 heavy (non-hydrogen) atoms. The van der Waals surface area contributed by atoms with Gasteiger partial charge in [0.1, 0.15) is 0 Å². The van der Waals surface area contributed by atoms with E-state index in [1.165, 1.54) is 11.1 Å². The molecule has 0 amide bonds. The van der Waals surface area contributed by atoms with Gasteiger partial charge in [-0.3, -0.25) is 0 Å². The Kier molecular flexibility index (Phi) is 4.32. The van der Waals surface area contributed by atoms with E-state index in [4.69, 9.17) is 5.73 Å². The molecule has 2 N–H and O–H groups in total. The van der Waals surface area contributed by atoms with Crippen molar-refractivity contribution < 1.29 is 0 Å². The molecule has 102 valence electrons. The molecule has 2 rings (SSSR count). The quantitative estimate of drug-likeness (QED) is 0.895. The maximum atomic E-state index is 5.74. The number of hydrogen-bond acceptors (Lipinski definition) is 3. The summed E-state index contributed by atoms with van der Waals surface area (Å²) in [6.45, 7) is 7.70. The fourth-order valence-corrected chi connectivity index (χ4v) is 2.13. The fourth-order valence-electron chi connectivity index (χ4n) is 2.13. The van der Waals surface area contributed by atoms with Crippen LogP contribution in [0.3, 0.4) is 0 Å². The Bertz CT molecular complexity index is 526. The van der Waals surface area contributed by atoms with E-state index in [1.807, 2.05) is 4.68 Å². The fraction of sp³-hybridized carbons (Fsp3) is 0.467. The minimum Gasteiger partial charge on any atom is -0.325 e. The molecule has 0 spiro atoms. The van der Waals surface area contributed by atoms with Crippen LogP contribution in [-0.4, -0.2) is 15.0 Å². The summed E-state index contributed by atoms with van der Waals surface area (Å²) in [6.07, 6.45) is 0.964. The lowest BCUT2D eigenvalue weighted by atomic mass is 10.1. The average molecular weight is 258 g/mol. The molecule has 0 unspecified atom stereocenters. The van der Waals surface area contributed by atoms with Crippen molar-refractivity contribution in [2.45, 2.75) is 40.3 Å². The molecule has 0 aliphatic heterocycles. The van der Waals surface area contributed by atoms with Gasteiger partial charge in [-0.25, -0.2) is 4.68 Å². The van der Waals surface area contributed by atoms with Crippen LogP contribution in [-0.2, 0) is 19.5 Å². The molecule has 0 aliphatic carbocycles. The topological polar surface area (TPSA) is 56.7 Å². The average Bonchev–Trinajstić information content (AvgIpc) is 2.74. The van der Waals surface area contributed by atoms with E-state index < -0.39 is 0 Å². The molecular formula is C15H22N4. The first kappa shape index (κ1) is 13.7. The summed E-state index contributed by atoms with van der Waals surface area (Å²) in [7, 11) is 0. The smallest absolute Gasteiger partial charge is 0.0994 e. The molecule has 0 aliphatic rings. The first-order valence-corrected chi connectivity index (χ1v) is 6.77. The van der Waals surface area contributed by atoms with Crippen molar-refractivity contribution in [3.63, 3.8) is 0 Å². The number of benzene rings is 1. The Balaban J connectivity index is 2.24. The van der Waals surface area contributed by atoms with Gasteiger partial charge in [0.05, 0.1) is 17.9 Å². The number of hydrogen-bond donors (Lipinski definition) is 1. The van der Waals surface area contributed by atoms with Gasteiger partial charge in [0.25, 0.3) is 0 Å². The van der Waals surface area contributed by atoms with Crippen molar-refractivity contribution in [2.75, 3.05) is 0 Å². The van der Waals surface area contributed by atoms with Crippen LogP contribution >= 0.6 is 0 Å². The molecule has 2 aromatic rings. The van der Waals surface area contributed by atoms with E-state index in [1.54, 1.807) is 0 Å². The Labute approximate surface area is 114 Å². The molecule has 4 heteroatoms. The summed E-state index contributed by atoms with van der Waals surface area (Å²) >= 11 is 0. The van der Waals surface area contributed by atoms with Crippen LogP contribution in [0.2, 0.25) is 0 Å². The van der Waals surface area contributed by atoms with Crippen molar-refractivity contribution >= 4 is 0 Å². The molecule has 0 saturated heterocycles. The van der Waals surface area contributed by atoms with E-state index in [9.17, 15) is 0 Å². The van der Waals surface area contributed by atoms with E-state index in [0.29, 0.717) is 12.5 Å². The van der Waals surface area contributed by atoms with Crippen molar-refractivity contribution in [1.29, 1.82) is 0 Å². The molecular weight excluding hydrogens is 236 g/mol. The Morgan fingerprint density at radius 3 is 2.47 bits per heavy atom. The SMILES string of the molecule is Cc1ccc(Cn2nnc(CN)c2CC(C)C)cc1. The van der Waals surface area contributed by atoms with Gasteiger partial charge in [-0.2, -0.15) is 0 Å². The largest absolute Gasteiger partial charge is 0.325 e. The predicted molar refractivity (Wildman–Crippen MR) is 76.7 cm³/mol. The summed E-state index contributed by atoms with van der Waals surface area (Å²) in [5.41, 5.74) is 10.3. The van der Waals surface area contributed by atoms with Crippen LogP contribution in [0.5, 0.6) is 0 Å². The van der Waals surface area contributed by atoms with Crippen molar-refractivity contribution in [3.8, 4) is 0 Å². The summed E-state index contributed by atoms with van der Waals surface area (Å²) in [5, 5.41) is 8.43. The van der Waals surface area contributed by atoms with Gasteiger partial charge in [0.15, 0.2) is 0 Å². The minimum atomic E-state index is 0.454. The second-order valence-corrected chi connectivity index (χ2v) is 5.43. The minimum absolute atomic E-state index is 0.454. The van der Waals surface area contributed by atoms with Gasteiger partial charge in [0.2, 0.25) is 0 Å². The van der Waals surface area contributed by atoms with E-state index in [2.05, 4.69) is 55.3 Å². The maximum absolute atomic E-state index is 5.74. The molecule has 0 bridgehead atoms. The molecule has 1 aromatic heterocycles. The van der Waals surface area contributed by atoms with E-state index in [-0.39, 0.29) is 0 Å². The zero-order valence-electron chi connectivity index (χ0n) is 11.9. The van der Waals surface area contributed by atoms with Crippen molar-refractivity contribution in [3.05, 3.63) is 46.8 Å². The highest BCUT2D eigenvalue weighted by molar-refractivity contribution is 5.22. The normalized spacial score (nSPS) is 11.2. The van der Waals surface area contributed by atoms with Crippen LogP contribution in [0, 0.1) is 12.8 Å². The van der Waals surface area contributed by atoms with Crippen LogP contribution in [0.15, 0.2) is 24.3 Å². The lowest BCUT2D eigenvalue weighted by Gasteiger charge is -2.10. The van der Waals surface area contributed by atoms with Crippen molar-refractivity contribution in [2.24, 2.45) is 11.7 Å². The number of nitrogens with two attached hydrogens (primary N) is 1. The molecule has 1 aromatic carbocycles. The number of aryl methyl sites for hydroxylation is 1. The maximum Gasteiger partial charge on any atom is 0.0994 e.